The molecule has 0 bridgehead atoms. The predicted molar refractivity (Wildman–Crippen MR) is 55.2 cm³/mol. The van der Waals surface area contributed by atoms with Gasteiger partial charge in [-0.3, -0.25) is 14.9 Å². The molecule has 6 heteroatoms. The SMILES string of the molecule is CC1C(=O)Nc2cc([N+](=O)[O-])c(Cl)cc21. The average molecular weight is 227 g/mol. The Morgan fingerprint density at radius 2 is 2.20 bits per heavy atom. The Hall–Kier alpha value is -1.62. The fourth-order valence-corrected chi connectivity index (χ4v) is 1.81. The molecule has 1 aromatic rings. The maximum Gasteiger partial charge on any atom is 0.289 e. The smallest absolute Gasteiger partial charge is 0.289 e. The fraction of sp³-hybridized carbons (Fsp3) is 0.222. The van der Waals surface area contributed by atoms with Gasteiger partial charge >= 0.3 is 0 Å². The number of benzene rings is 1. The minimum absolute atomic E-state index is 0.0575. The Labute approximate surface area is 90.2 Å². The van der Waals surface area contributed by atoms with Crippen LogP contribution in [0.1, 0.15) is 18.4 Å². The minimum Gasteiger partial charge on any atom is -0.325 e. The summed E-state index contributed by atoms with van der Waals surface area (Å²) >= 11 is 5.74. The molecular formula is C9H7ClN2O3. The Balaban J connectivity index is 2.59. The molecule has 0 saturated carbocycles. The number of nitrogens with zero attached hydrogens (tertiary/aromatic N) is 1. The van der Waals surface area contributed by atoms with Crippen molar-refractivity contribution in [2.45, 2.75) is 12.8 Å². The molecule has 1 aromatic carbocycles. The van der Waals surface area contributed by atoms with Crippen LogP contribution in [0.25, 0.3) is 0 Å². The number of nitro groups is 1. The van der Waals surface area contributed by atoms with Crippen molar-refractivity contribution in [1.29, 1.82) is 0 Å². The molecule has 15 heavy (non-hydrogen) atoms. The van der Waals surface area contributed by atoms with Crippen LogP contribution >= 0.6 is 11.6 Å². The summed E-state index contributed by atoms with van der Waals surface area (Å²) in [6, 6.07) is 2.76. The van der Waals surface area contributed by atoms with Crippen molar-refractivity contribution in [2.75, 3.05) is 5.32 Å². The normalized spacial score (nSPS) is 18.5. The molecule has 1 aliphatic rings. The fourth-order valence-electron chi connectivity index (χ4n) is 1.57. The van der Waals surface area contributed by atoms with Gasteiger partial charge in [0.15, 0.2) is 0 Å². The van der Waals surface area contributed by atoms with Crippen LogP contribution in [0, 0.1) is 10.1 Å². The number of carbonyl (C=O) groups is 1. The Morgan fingerprint density at radius 3 is 2.80 bits per heavy atom. The molecule has 0 radical (unpaired) electrons. The summed E-state index contributed by atoms with van der Waals surface area (Å²) in [6.07, 6.45) is 0. The second kappa shape index (κ2) is 3.20. The lowest BCUT2D eigenvalue weighted by Gasteiger charge is -2.02. The second-order valence-corrected chi connectivity index (χ2v) is 3.77. The quantitative estimate of drug-likeness (QED) is 0.590. The molecule has 0 aromatic heterocycles. The van der Waals surface area contributed by atoms with Gasteiger partial charge in [0.25, 0.3) is 5.69 Å². The van der Waals surface area contributed by atoms with Crippen LogP contribution in [0.4, 0.5) is 11.4 Å². The van der Waals surface area contributed by atoms with Gasteiger partial charge in [0, 0.05) is 6.07 Å². The molecule has 0 fully saturated rings. The molecule has 78 valence electrons. The molecule has 0 saturated heterocycles. The first-order valence-corrected chi connectivity index (χ1v) is 4.67. The molecule has 1 heterocycles. The number of hydrogen-bond acceptors (Lipinski definition) is 3. The molecule has 1 amide bonds. The lowest BCUT2D eigenvalue weighted by atomic mass is 10.0. The van der Waals surface area contributed by atoms with E-state index in [0.717, 1.165) is 0 Å². The number of rotatable bonds is 1. The average Bonchev–Trinajstić information content (AvgIpc) is 2.43. The van der Waals surface area contributed by atoms with E-state index in [1.54, 1.807) is 6.92 Å². The first-order valence-electron chi connectivity index (χ1n) is 4.29. The molecule has 0 spiro atoms. The zero-order valence-corrected chi connectivity index (χ0v) is 8.54. The first-order chi connectivity index (χ1) is 7.00. The number of nitrogens with one attached hydrogen (secondary N) is 1. The van der Waals surface area contributed by atoms with E-state index in [1.807, 2.05) is 0 Å². The number of carbonyl (C=O) groups excluding carboxylic acids is 1. The molecule has 1 N–H and O–H groups in total. The van der Waals surface area contributed by atoms with Gasteiger partial charge in [-0.15, -0.1) is 0 Å². The number of hydrogen-bond donors (Lipinski definition) is 1. The standard InChI is InChI=1S/C9H7ClN2O3/c1-4-5-2-6(10)8(12(14)15)3-7(5)11-9(4)13/h2-4H,1H3,(H,11,13). The maximum absolute atomic E-state index is 11.3. The third-order valence-electron chi connectivity index (χ3n) is 2.43. The zero-order valence-electron chi connectivity index (χ0n) is 7.78. The monoisotopic (exact) mass is 226 g/mol. The largest absolute Gasteiger partial charge is 0.325 e. The second-order valence-electron chi connectivity index (χ2n) is 3.36. The Morgan fingerprint density at radius 1 is 1.53 bits per heavy atom. The van der Waals surface area contributed by atoms with Crippen molar-refractivity contribution >= 4 is 28.9 Å². The van der Waals surface area contributed by atoms with Crippen LogP contribution in [0.3, 0.4) is 0 Å². The maximum atomic E-state index is 11.3. The van der Waals surface area contributed by atoms with E-state index in [2.05, 4.69) is 5.32 Å². The van der Waals surface area contributed by atoms with E-state index in [-0.39, 0.29) is 22.5 Å². The molecule has 1 aliphatic heterocycles. The Bertz CT molecular complexity index is 473. The van der Waals surface area contributed by atoms with Gasteiger partial charge in [0.2, 0.25) is 5.91 Å². The molecule has 0 aliphatic carbocycles. The molecule has 2 rings (SSSR count). The summed E-state index contributed by atoms with van der Waals surface area (Å²) < 4.78 is 0. The van der Waals surface area contributed by atoms with Crippen LogP contribution in [-0.4, -0.2) is 10.8 Å². The van der Waals surface area contributed by atoms with Crippen molar-refractivity contribution in [3.8, 4) is 0 Å². The molecule has 1 atom stereocenters. The van der Waals surface area contributed by atoms with Crippen molar-refractivity contribution in [2.24, 2.45) is 0 Å². The highest BCUT2D eigenvalue weighted by Gasteiger charge is 2.29. The highest BCUT2D eigenvalue weighted by Crippen LogP contribution is 2.38. The van der Waals surface area contributed by atoms with Gasteiger partial charge in [-0.25, -0.2) is 0 Å². The lowest BCUT2D eigenvalue weighted by Crippen LogP contribution is -2.08. The van der Waals surface area contributed by atoms with Crippen LogP contribution in [-0.2, 0) is 4.79 Å². The van der Waals surface area contributed by atoms with Gasteiger partial charge in [-0.05, 0) is 18.6 Å². The van der Waals surface area contributed by atoms with Gasteiger partial charge in [0.1, 0.15) is 5.02 Å². The Kier molecular flexibility index (Phi) is 2.12. The van der Waals surface area contributed by atoms with Crippen molar-refractivity contribution in [3.05, 3.63) is 32.8 Å². The highest BCUT2D eigenvalue weighted by molar-refractivity contribution is 6.33. The summed E-state index contributed by atoms with van der Waals surface area (Å²) in [5.41, 5.74) is 0.990. The summed E-state index contributed by atoms with van der Waals surface area (Å²) in [4.78, 5) is 21.3. The summed E-state index contributed by atoms with van der Waals surface area (Å²) in [6.45, 7) is 1.73. The van der Waals surface area contributed by atoms with E-state index in [9.17, 15) is 14.9 Å². The van der Waals surface area contributed by atoms with Crippen molar-refractivity contribution in [1.82, 2.24) is 0 Å². The third-order valence-corrected chi connectivity index (χ3v) is 2.74. The highest BCUT2D eigenvalue weighted by atomic mass is 35.5. The number of anilines is 1. The number of nitro benzene ring substituents is 1. The van der Waals surface area contributed by atoms with Crippen LogP contribution in [0.15, 0.2) is 12.1 Å². The van der Waals surface area contributed by atoms with Crippen molar-refractivity contribution < 1.29 is 9.72 Å². The minimum atomic E-state index is -0.572. The van der Waals surface area contributed by atoms with E-state index in [4.69, 9.17) is 11.6 Å². The predicted octanol–water partition coefficient (Wildman–Crippen LogP) is 2.30. The van der Waals surface area contributed by atoms with Gasteiger partial charge in [-0.2, -0.15) is 0 Å². The zero-order chi connectivity index (χ0) is 11.2. The van der Waals surface area contributed by atoms with Gasteiger partial charge in [-0.1, -0.05) is 11.6 Å². The van der Waals surface area contributed by atoms with E-state index < -0.39 is 4.92 Å². The van der Waals surface area contributed by atoms with E-state index >= 15 is 0 Å². The number of amides is 1. The summed E-state index contributed by atoms with van der Waals surface area (Å²) in [5, 5.41) is 13.2. The van der Waals surface area contributed by atoms with Gasteiger partial charge < -0.3 is 5.32 Å². The van der Waals surface area contributed by atoms with Crippen LogP contribution in [0.2, 0.25) is 5.02 Å². The number of halogens is 1. The molecular weight excluding hydrogens is 220 g/mol. The topological polar surface area (TPSA) is 72.2 Å². The molecule has 5 nitrogen and oxygen atoms in total. The molecule has 1 unspecified atom stereocenters. The van der Waals surface area contributed by atoms with E-state index in [0.29, 0.717) is 11.3 Å². The van der Waals surface area contributed by atoms with E-state index in [1.165, 1.54) is 12.1 Å². The number of fused-ring (bicyclic) bond motifs is 1. The van der Waals surface area contributed by atoms with Crippen LogP contribution < -0.4 is 5.32 Å². The van der Waals surface area contributed by atoms with Crippen molar-refractivity contribution in [3.63, 3.8) is 0 Å². The summed E-state index contributed by atoms with van der Waals surface area (Å²) in [5.74, 6) is -0.472. The first kappa shape index (κ1) is 9.92. The summed E-state index contributed by atoms with van der Waals surface area (Å²) in [7, 11) is 0. The lowest BCUT2D eigenvalue weighted by molar-refractivity contribution is -0.384. The third kappa shape index (κ3) is 1.45. The van der Waals surface area contributed by atoms with Gasteiger partial charge in [0.05, 0.1) is 16.5 Å². The van der Waals surface area contributed by atoms with Crippen LogP contribution in [0.5, 0.6) is 0 Å².